The van der Waals surface area contributed by atoms with E-state index in [4.69, 9.17) is 11.6 Å². The fourth-order valence-corrected chi connectivity index (χ4v) is 2.63. The van der Waals surface area contributed by atoms with Crippen LogP contribution in [0.15, 0.2) is 36.5 Å². The number of hydrogen-bond donors (Lipinski definition) is 2. The van der Waals surface area contributed by atoms with Gasteiger partial charge in [0, 0.05) is 23.8 Å². The van der Waals surface area contributed by atoms with Crippen molar-refractivity contribution in [2.75, 3.05) is 13.1 Å². The first-order valence-electron chi connectivity index (χ1n) is 7.05. The Bertz CT molecular complexity index is 634. The van der Waals surface area contributed by atoms with Crippen LogP contribution in [0.2, 0.25) is 5.02 Å². The Hall–Kier alpha value is -1.85. The molecule has 2 N–H and O–H groups in total. The molecule has 1 aliphatic heterocycles. The Kier molecular flexibility index (Phi) is 4.22. The smallest absolute Gasteiger partial charge is 0.272 e. The van der Waals surface area contributed by atoms with Gasteiger partial charge in [0.1, 0.15) is 0 Å². The summed E-state index contributed by atoms with van der Waals surface area (Å²) in [6, 6.07) is 9.26. The van der Waals surface area contributed by atoms with E-state index in [9.17, 15) is 4.79 Å². The Morgan fingerprint density at radius 3 is 3.10 bits per heavy atom. The average Bonchev–Trinajstić information content (AvgIpc) is 2.98. The molecule has 0 spiro atoms. The molecule has 0 bridgehead atoms. The van der Waals surface area contributed by atoms with Crippen LogP contribution < -0.4 is 10.6 Å². The number of nitrogens with zero attached hydrogens (tertiary/aromatic N) is 2. The zero-order valence-electron chi connectivity index (χ0n) is 11.6. The van der Waals surface area contributed by atoms with Gasteiger partial charge >= 0.3 is 0 Å². The van der Waals surface area contributed by atoms with E-state index in [2.05, 4.69) is 15.7 Å². The quantitative estimate of drug-likeness (QED) is 0.912. The predicted octanol–water partition coefficient (Wildman–Crippen LogP) is 2.01. The number of aromatic nitrogens is 2. The molecular formula is C15H17ClN4O. The van der Waals surface area contributed by atoms with Gasteiger partial charge in [-0.2, -0.15) is 5.10 Å². The zero-order valence-corrected chi connectivity index (χ0v) is 12.3. The lowest BCUT2D eigenvalue weighted by Crippen LogP contribution is -2.45. The summed E-state index contributed by atoms with van der Waals surface area (Å²) in [7, 11) is 0. The van der Waals surface area contributed by atoms with Crippen molar-refractivity contribution in [2.24, 2.45) is 0 Å². The molecule has 1 unspecified atom stereocenters. The molecule has 5 nitrogen and oxygen atoms in total. The zero-order chi connectivity index (χ0) is 14.7. The molecule has 0 saturated carbocycles. The molecule has 1 saturated heterocycles. The summed E-state index contributed by atoms with van der Waals surface area (Å²) in [4.78, 5) is 12.2. The second kappa shape index (κ2) is 6.28. The number of rotatable bonds is 3. The molecule has 1 aliphatic rings. The number of carbonyl (C=O) groups is 1. The van der Waals surface area contributed by atoms with Gasteiger partial charge in [0.25, 0.3) is 5.91 Å². The SMILES string of the molecule is O=C(NC1CCCNC1)c1ccn(-c2cccc(Cl)c2)n1. The van der Waals surface area contributed by atoms with E-state index in [1.165, 1.54) is 0 Å². The van der Waals surface area contributed by atoms with Crippen LogP contribution in [0.5, 0.6) is 0 Å². The van der Waals surface area contributed by atoms with Gasteiger partial charge in [0.2, 0.25) is 0 Å². The Morgan fingerprint density at radius 2 is 2.33 bits per heavy atom. The van der Waals surface area contributed by atoms with E-state index in [-0.39, 0.29) is 11.9 Å². The molecule has 1 aromatic carbocycles. The van der Waals surface area contributed by atoms with Crippen LogP contribution >= 0.6 is 11.6 Å². The number of piperidine rings is 1. The molecule has 1 aromatic heterocycles. The van der Waals surface area contributed by atoms with Gasteiger partial charge in [0.15, 0.2) is 5.69 Å². The van der Waals surface area contributed by atoms with E-state index >= 15 is 0 Å². The van der Waals surface area contributed by atoms with Crippen molar-refractivity contribution in [2.45, 2.75) is 18.9 Å². The van der Waals surface area contributed by atoms with E-state index < -0.39 is 0 Å². The van der Waals surface area contributed by atoms with Gasteiger partial charge in [-0.1, -0.05) is 17.7 Å². The number of amides is 1. The van der Waals surface area contributed by atoms with Crippen molar-refractivity contribution in [1.29, 1.82) is 0 Å². The van der Waals surface area contributed by atoms with E-state index in [1.54, 1.807) is 29.1 Å². The van der Waals surface area contributed by atoms with Crippen molar-refractivity contribution < 1.29 is 4.79 Å². The lowest BCUT2D eigenvalue weighted by atomic mass is 10.1. The van der Waals surface area contributed by atoms with Crippen LogP contribution in [0.1, 0.15) is 23.3 Å². The first kappa shape index (κ1) is 14.1. The Morgan fingerprint density at radius 1 is 1.43 bits per heavy atom. The third-order valence-electron chi connectivity index (χ3n) is 3.53. The Labute approximate surface area is 128 Å². The molecule has 0 radical (unpaired) electrons. The summed E-state index contributed by atoms with van der Waals surface area (Å²) in [6.45, 7) is 1.84. The van der Waals surface area contributed by atoms with Crippen LogP contribution in [0.4, 0.5) is 0 Å². The van der Waals surface area contributed by atoms with Gasteiger partial charge in [-0.05, 0) is 43.7 Å². The van der Waals surface area contributed by atoms with Gasteiger partial charge < -0.3 is 10.6 Å². The largest absolute Gasteiger partial charge is 0.347 e. The van der Waals surface area contributed by atoms with E-state index in [0.717, 1.165) is 31.6 Å². The lowest BCUT2D eigenvalue weighted by molar-refractivity contribution is 0.0925. The highest BCUT2D eigenvalue weighted by Crippen LogP contribution is 2.14. The highest BCUT2D eigenvalue weighted by Gasteiger charge is 2.17. The lowest BCUT2D eigenvalue weighted by Gasteiger charge is -2.23. The molecule has 110 valence electrons. The van der Waals surface area contributed by atoms with Crippen LogP contribution in [0.25, 0.3) is 5.69 Å². The number of halogens is 1. The molecule has 6 heteroatoms. The van der Waals surface area contributed by atoms with Crippen molar-refractivity contribution >= 4 is 17.5 Å². The number of benzene rings is 1. The minimum atomic E-state index is -0.135. The number of carbonyl (C=O) groups excluding carboxylic acids is 1. The van der Waals surface area contributed by atoms with Crippen LogP contribution in [-0.4, -0.2) is 34.8 Å². The van der Waals surface area contributed by atoms with Crippen LogP contribution in [0.3, 0.4) is 0 Å². The Balaban J connectivity index is 1.70. The summed E-state index contributed by atoms with van der Waals surface area (Å²) in [5, 5.41) is 11.2. The van der Waals surface area contributed by atoms with E-state index in [0.29, 0.717) is 10.7 Å². The predicted molar refractivity (Wildman–Crippen MR) is 81.9 cm³/mol. The highest BCUT2D eigenvalue weighted by atomic mass is 35.5. The second-order valence-electron chi connectivity index (χ2n) is 5.14. The maximum absolute atomic E-state index is 12.2. The summed E-state index contributed by atoms with van der Waals surface area (Å²) in [6.07, 6.45) is 3.86. The monoisotopic (exact) mass is 304 g/mol. The molecule has 3 rings (SSSR count). The molecule has 2 heterocycles. The highest BCUT2D eigenvalue weighted by molar-refractivity contribution is 6.30. The standard InChI is InChI=1S/C15H17ClN4O/c16-11-3-1-5-13(9-11)20-8-6-14(19-20)15(21)18-12-4-2-7-17-10-12/h1,3,5-6,8-9,12,17H,2,4,7,10H2,(H,18,21). The molecule has 1 fully saturated rings. The minimum Gasteiger partial charge on any atom is -0.347 e. The maximum atomic E-state index is 12.2. The molecule has 21 heavy (non-hydrogen) atoms. The normalized spacial score (nSPS) is 18.4. The first-order valence-corrected chi connectivity index (χ1v) is 7.43. The van der Waals surface area contributed by atoms with E-state index in [1.807, 2.05) is 12.1 Å². The van der Waals surface area contributed by atoms with Gasteiger partial charge in [-0.3, -0.25) is 4.79 Å². The van der Waals surface area contributed by atoms with Crippen LogP contribution in [-0.2, 0) is 0 Å². The number of nitrogens with one attached hydrogen (secondary N) is 2. The molecule has 0 aliphatic carbocycles. The van der Waals surface area contributed by atoms with Gasteiger partial charge in [-0.15, -0.1) is 0 Å². The first-order chi connectivity index (χ1) is 10.2. The minimum absolute atomic E-state index is 0.135. The average molecular weight is 305 g/mol. The van der Waals surface area contributed by atoms with Gasteiger partial charge in [0.05, 0.1) is 5.69 Å². The third-order valence-corrected chi connectivity index (χ3v) is 3.76. The fraction of sp³-hybridized carbons (Fsp3) is 0.333. The van der Waals surface area contributed by atoms with Crippen molar-refractivity contribution in [3.8, 4) is 5.69 Å². The number of hydrogen-bond acceptors (Lipinski definition) is 3. The molecule has 1 amide bonds. The van der Waals surface area contributed by atoms with Crippen molar-refractivity contribution in [3.63, 3.8) is 0 Å². The van der Waals surface area contributed by atoms with Gasteiger partial charge in [-0.25, -0.2) is 4.68 Å². The molecule has 2 aromatic rings. The van der Waals surface area contributed by atoms with Crippen LogP contribution in [0, 0.1) is 0 Å². The second-order valence-corrected chi connectivity index (χ2v) is 5.58. The molecular weight excluding hydrogens is 288 g/mol. The summed E-state index contributed by atoms with van der Waals surface area (Å²) in [5.74, 6) is -0.135. The fourth-order valence-electron chi connectivity index (χ4n) is 2.44. The molecule has 1 atom stereocenters. The maximum Gasteiger partial charge on any atom is 0.272 e. The summed E-state index contributed by atoms with van der Waals surface area (Å²) < 4.78 is 1.65. The van der Waals surface area contributed by atoms with Crippen molar-refractivity contribution in [3.05, 3.63) is 47.2 Å². The summed E-state index contributed by atoms with van der Waals surface area (Å²) in [5.41, 5.74) is 1.25. The summed E-state index contributed by atoms with van der Waals surface area (Å²) >= 11 is 5.97. The topological polar surface area (TPSA) is 59.0 Å². The van der Waals surface area contributed by atoms with Crippen molar-refractivity contribution in [1.82, 2.24) is 20.4 Å². The third kappa shape index (κ3) is 3.43.